The summed E-state index contributed by atoms with van der Waals surface area (Å²) in [5, 5.41) is 3.20. The summed E-state index contributed by atoms with van der Waals surface area (Å²) in [4.78, 5) is 4.17. The third kappa shape index (κ3) is 2.74. The van der Waals surface area contributed by atoms with Gasteiger partial charge in [0.2, 0.25) is 0 Å². The highest BCUT2D eigenvalue weighted by atomic mass is 15.0. The summed E-state index contributed by atoms with van der Waals surface area (Å²) in [5.74, 6) is 0.942. The molecule has 1 aromatic rings. The van der Waals surface area contributed by atoms with Crippen LogP contribution in [0.3, 0.4) is 0 Å². The van der Waals surface area contributed by atoms with Gasteiger partial charge in [-0.05, 0) is 31.0 Å². The fourth-order valence-electron chi connectivity index (χ4n) is 0.935. The minimum atomic E-state index is 0.903. The number of nitrogens with zero attached hydrogens (tertiary/aromatic N) is 1. The number of aryl methyl sites for hydroxylation is 1. The maximum Gasteiger partial charge on any atom is 0.126 e. The van der Waals surface area contributed by atoms with E-state index in [-0.39, 0.29) is 0 Å². The Bertz CT molecular complexity index is 256. The molecule has 0 aliphatic rings. The molecular weight excluding hydrogens is 148 g/mol. The molecule has 0 aromatic carbocycles. The Morgan fingerprint density at radius 1 is 1.67 bits per heavy atom. The number of aromatic nitrogens is 1. The first-order valence-electron chi connectivity index (χ1n) is 4.10. The number of rotatable bonds is 4. The summed E-state index contributed by atoms with van der Waals surface area (Å²) < 4.78 is 0. The van der Waals surface area contributed by atoms with E-state index in [1.54, 1.807) is 0 Å². The van der Waals surface area contributed by atoms with Gasteiger partial charge in [0, 0.05) is 12.7 Å². The summed E-state index contributed by atoms with van der Waals surface area (Å²) in [6.07, 6.45) is 4.67. The van der Waals surface area contributed by atoms with Crippen molar-refractivity contribution in [2.24, 2.45) is 0 Å². The standard InChI is InChI=1S/C10H14N2/c1-3-4-6-11-10-8-9(2)5-7-12-10/h3,5,7-8H,1,4,6H2,2H3,(H,11,12). The zero-order chi connectivity index (χ0) is 8.81. The van der Waals surface area contributed by atoms with Crippen molar-refractivity contribution in [2.45, 2.75) is 13.3 Å². The minimum Gasteiger partial charge on any atom is -0.370 e. The van der Waals surface area contributed by atoms with Crippen molar-refractivity contribution >= 4 is 5.82 Å². The topological polar surface area (TPSA) is 24.9 Å². The van der Waals surface area contributed by atoms with E-state index in [1.807, 2.05) is 24.4 Å². The number of pyridine rings is 1. The van der Waals surface area contributed by atoms with Crippen LogP contribution in [0.25, 0.3) is 0 Å². The Hall–Kier alpha value is -1.31. The van der Waals surface area contributed by atoms with Crippen LogP contribution in [-0.4, -0.2) is 11.5 Å². The summed E-state index contributed by atoms with van der Waals surface area (Å²) in [7, 11) is 0. The Kier molecular flexibility index (Phi) is 3.33. The maximum atomic E-state index is 4.17. The third-order valence-corrected chi connectivity index (χ3v) is 1.57. The van der Waals surface area contributed by atoms with Crippen molar-refractivity contribution in [3.8, 4) is 0 Å². The lowest BCUT2D eigenvalue weighted by atomic mass is 10.3. The lowest BCUT2D eigenvalue weighted by Crippen LogP contribution is -2.01. The number of nitrogens with one attached hydrogen (secondary N) is 1. The van der Waals surface area contributed by atoms with Gasteiger partial charge in [-0.25, -0.2) is 4.98 Å². The molecule has 0 atom stereocenters. The second kappa shape index (κ2) is 4.54. The normalized spacial score (nSPS) is 9.42. The average molecular weight is 162 g/mol. The number of anilines is 1. The van der Waals surface area contributed by atoms with E-state index in [4.69, 9.17) is 0 Å². The van der Waals surface area contributed by atoms with Crippen LogP contribution >= 0.6 is 0 Å². The molecule has 1 N–H and O–H groups in total. The molecule has 0 unspecified atom stereocenters. The fraction of sp³-hybridized carbons (Fsp3) is 0.300. The number of hydrogen-bond donors (Lipinski definition) is 1. The molecule has 0 radical (unpaired) electrons. The van der Waals surface area contributed by atoms with Crippen LogP contribution in [0.15, 0.2) is 31.0 Å². The van der Waals surface area contributed by atoms with Crippen LogP contribution in [0.4, 0.5) is 5.82 Å². The lowest BCUT2D eigenvalue weighted by Gasteiger charge is -2.03. The van der Waals surface area contributed by atoms with Crippen LogP contribution < -0.4 is 5.32 Å². The van der Waals surface area contributed by atoms with Crippen LogP contribution in [0.1, 0.15) is 12.0 Å². The molecule has 64 valence electrons. The van der Waals surface area contributed by atoms with Crippen LogP contribution in [-0.2, 0) is 0 Å². The highest BCUT2D eigenvalue weighted by Gasteiger charge is 1.90. The second-order valence-corrected chi connectivity index (χ2v) is 2.72. The van der Waals surface area contributed by atoms with E-state index in [0.29, 0.717) is 0 Å². The summed E-state index contributed by atoms with van der Waals surface area (Å²) in [6, 6.07) is 4.02. The summed E-state index contributed by atoms with van der Waals surface area (Å²) in [5.41, 5.74) is 1.23. The molecule has 1 rings (SSSR count). The predicted molar refractivity (Wildman–Crippen MR) is 52.3 cm³/mol. The molecule has 2 nitrogen and oxygen atoms in total. The Morgan fingerprint density at radius 3 is 3.17 bits per heavy atom. The van der Waals surface area contributed by atoms with Crippen LogP contribution in [0.2, 0.25) is 0 Å². The molecular formula is C10H14N2. The first-order chi connectivity index (χ1) is 5.83. The van der Waals surface area contributed by atoms with Crippen molar-refractivity contribution in [1.29, 1.82) is 0 Å². The van der Waals surface area contributed by atoms with E-state index in [1.165, 1.54) is 5.56 Å². The number of hydrogen-bond acceptors (Lipinski definition) is 2. The molecule has 0 bridgehead atoms. The van der Waals surface area contributed by atoms with E-state index < -0.39 is 0 Å². The molecule has 0 aliphatic heterocycles. The molecule has 0 saturated heterocycles. The molecule has 12 heavy (non-hydrogen) atoms. The molecule has 1 heterocycles. The average Bonchev–Trinajstić information content (AvgIpc) is 2.05. The molecule has 0 spiro atoms. The second-order valence-electron chi connectivity index (χ2n) is 2.72. The highest BCUT2D eigenvalue weighted by Crippen LogP contribution is 2.04. The first kappa shape index (κ1) is 8.78. The molecule has 0 fully saturated rings. The van der Waals surface area contributed by atoms with E-state index in [2.05, 4.69) is 23.8 Å². The largest absolute Gasteiger partial charge is 0.370 e. The molecule has 0 aliphatic carbocycles. The minimum absolute atomic E-state index is 0.903. The first-order valence-corrected chi connectivity index (χ1v) is 4.10. The Morgan fingerprint density at radius 2 is 2.50 bits per heavy atom. The fourth-order valence-corrected chi connectivity index (χ4v) is 0.935. The van der Waals surface area contributed by atoms with Gasteiger partial charge in [-0.1, -0.05) is 6.08 Å². The van der Waals surface area contributed by atoms with Crippen LogP contribution in [0, 0.1) is 6.92 Å². The molecule has 0 saturated carbocycles. The van der Waals surface area contributed by atoms with E-state index >= 15 is 0 Å². The van der Waals surface area contributed by atoms with Gasteiger partial charge < -0.3 is 5.32 Å². The van der Waals surface area contributed by atoms with Gasteiger partial charge in [-0.2, -0.15) is 0 Å². The lowest BCUT2D eigenvalue weighted by molar-refractivity contribution is 1.05. The monoisotopic (exact) mass is 162 g/mol. The smallest absolute Gasteiger partial charge is 0.126 e. The van der Waals surface area contributed by atoms with Gasteiger partial charge >= 0.3 is 0 Å². The van der Waals surface area contributed by atoms with Crippen LogP contribution in [0.5, 0.6) is 0 Å². The maximum absolute atomic E-state index is 4.17. The predicted octanol–water partition coefficient (Wildman–Crippen LogP) is 2.38. The van der Waals surface area contributed by atoms with Gasteiger partial charge in [0.05, 0.1) is 0 Å². The van der Waals surface area contributed by atoms with E-state index in [0.717, 1.165) is 18.8 Å². The SMILES string of the molecule is C=CCCNc1cc(C)ccn1. The van der Waals surface area contributed by atoms with Crippen molar-refractivity contribution in [1.82, 2.24) is 4.98 Å². The Labute approximate surface area is 73.3 Å². The van der Waals surface area contributed by atoms with Crippen molar-refractivity contribution < 1.29 is 0 Å². The zero-order valence-corrected chi connectivity index (χ0v) is 7.38. The third-order valence-electron chi connectivity index (χ3n) is 1.57. The Balaban J connectivity index is 2.46. The van der Waals surface area contributed by atoms with Crippen molar-refractivity contribution in [3.05, 3.63) is 36.5 Å². The summed E-state index contributed by atoms with van der Waals surface area (Å²) >= 11 is 0. The molecule has 1 aromatic heterocycles. The molecule has 2 heteroatoms. The van der Waals surface area contributed by atoms with Gasteiger partial charge in [0.25, 0.3) is 0 Å². The van der Waals surface area contributed by atoms with Gasteiger partial charge in [-0.3, -0.25) is 0 Å². The van der Waals surface area contributed by atoms with Crippen molar-refractivity contribution in [3.63, 3.8) is 0 Å². The van der Waals surface area contributed by atoms with E-state index in [9.17, 15) is 0 Å². The zero-order valence-electron chi connectivity index (χ0n) is 7.38. The highest BCUT2D eigenvalue weighted by molar-refractivity contribution is 5.36. The van der Waals surface area contributed by atoms with Gasteiger partial charge in [0.15, 0.2) is 0 Å². The quantitative estimate of drug-likeness (QED) is 0.543. The van der Waals surface area contributed by atoms with Gasteiger partial charge in [-0.15, -0.1) is 6.58 Å². The van der Waals surface area contributed by atoms with Gasteiger partial charge in [0.1, 0.15) is 5.82 Å². The van der Waals surface area contributed by atoms with Crippen molar-refractivity contribution in [2.75, 3.05) is 11.9 Å². The summed E-state index contributed by atoms with van der Waals surface area (Å²) in [6.45, 7) is 6.61. The molecule has 0 amide bonds.